The molecule has 1 heterocycles. The second-order valence-electron chi connectivity index (χ2n) is 8.95. The van der Waals surface area contributed by atoms with E-state index in [9.17, 15) is 4.79 Å². The molecule has 1 aromatic heterocycles. The molecule has 0 aliphatic heterocycles. The van der Waals surface area contributed by atoms with Crippen molar-refractivity contribution in [3.05, 3.63) is 89.2 Å². The number of aryl methyl sites for hydroxylation is 1. The molecule has 0 bridgehead atoms. The summed E-state index contributed by atoms with van der Waals surface area (Å²) in [6.45, 7) is 8.13. The Balaban J connectivity index is 1.45. The molecule has 6 heteroatoms. The highest BCUT2D eigenvalue weighted by molar-refractivity contribution is 5.94. The lowest BCUT2D eigenvalue weighted by Crippen LogP contribution is -2.26. The van der Waals surface area contributed by atoms with E-state index in [-0.39, 0.29) is 5.91 Å². The topological polar surface area (TPSA) is 65.4 Å². The molecule has 0 atom stereocenters. The summed E-state index contributed by atoms with van der Waals surface area (Å²) in [6.07, 6.45) is 0.617. The average molecular weight is 472 g/mol. The molecule has 4 rings (SSSR count). The van der Waals surface area contributed by atoms with Gasteiger partial charge in [-0.05, 0) is 60.4 Å². The molecule has 0 aliphatic rings. The summed E-state index contributed by atoms with van der Waals surface area (Å²) in [5.74, 6) is 2.79. The van der Waals surface area contributed by atoms with Crippen molar-refractivity contribution < 1.29 is 14.3 Å². The van der Waals surface area contributed by atoms with Crippen LogP contribution in [0.5, 0.6) is 11.5 Å². The SMILES string of the molecule is COc1cccc(C(=O)NCCc2nc3ccccc3n2CCOc2cc(C)ccc2C(C)C)c1. The van der Waals surface area contributed by atoms with Crippen LogP contribution in [-0.4, -0.2) is 35.7 Å². The Morgan fingerprint density at radius 1 is 1.06 bits per heavy atom. The fourth-order valence-electron chi connectivity index (χ4n) is 4.21. The number of para-hydroxylation sites is 2. The summed E-state index contributed by atoms with van der Waals surface area (Å²) >= 11 is 0. The first-order chi connectivity index (χ1) is 17.0. The summed E-state index contributed by atoms with van der Waals surface area (Å²) in [4.78, 5) is 17.4. The van der Waals surface area contributed by atoms with Gasteiger partial charge in [0.15, 0.2) is 0 Å². The number of carbonyl (C=O) groups excluding carboxylic acids is 1. The molecule has 6 nitrogen and oxygen atoms in total. The van der Waals surface area contributed by atoms with Gasteiger partial charge in [-0.1, -0.05) is 44.2 Å². The Bertz CT molecular complexity index is 1310. The molecule has 35 heavy (non-hydrogen) atoms. The maximum atomic E-state index is 12.6. The van der Waals surface area contributed by atoms with E-state index in [4.69, 9.17) is 14.5 Å². The largest absolute Gasteiger partial charge is 0.497 e. The van der Waals surface area contributed by atoms with E-state index in [1.165, 1.54) is 11.1 Å². The highest BCUT2D eigenvalue weighted by Crippen LogP contribution is 2.27. The molecule has 0 spiro atoms. The summed E-state index contributed by atoms with van der Waals surface area (Å²) in [5.41, 5.74) is 4.99. The zero-order valence-electron chi connectivity index (χ0n) is 20.9. The van der Waals surface area contributed by atoms with Gasteiger partial charge in [0.05, 0.1) is 24.7 Å². The molecular formula is C29H33N3O3. The molecule has 0 saturated carbocycles. The molecular weight excluding hydrogens is 438 g/mol. The van der Waals surface area contributed by atoms with Crippen LogP contribution in [0.25, 0.3) is 11.0 Å². The van der Waals surface area contributed by atoms with E-state index >= 15 is 0 Å². The number of hydrogen-bond donors (Lipinski definition) is 1. The van der Waals surface area contributed by atoms with Crippen LogP contribution in [-0.2, 0) is 13.0 Å². The van der Waals surface area contributed by atoms with Gasteiger partial charge in [-0.25, -0.2) is 4.98 Å². The average Bonchev–Trinajstić information content (AvgIpc) is 3.21. The van der Waals surface area contributed by atoms with E-state index in [1.807, 2.05) is 30.3 Å². The normalized spacial score (nSPS) is 11.1. The molecule has 182 valence electrons. The predicted octanol–water partition coefficient (Wildman–Crippen LogP) is 5.53. The molecule has 0 fully saturated rings. The Labute approximate surface area is 206 Å². The minimum absolute atomic E-state index is 0.129. The van der Waals surface area contributed by atoms with Crippen LogP contribution in [0.2, 0.25) is 0 Å². The number of nitrogens with one attached hydrogen (secondary N) is 1. The van der Waals surface area contributed by atoms with Crippen molar-refractivity contribution >= 4 is 16.9 Å². The van der Waals surface area contributed by atoms with Gasteiger partial charge in [-0.2, -0.15) is 0 Å². The molecule has 1 amide bonds. The fourth-order valence-corrected chi connectivity index (χ4v) is 4.21. The van der Waals surface area contributed by atoms with E-state index in [0.29, 0.717) is 43.3 Å². The van der Waals surface area contributed by atoms with Crippen molar-refractivity contribution in [2.24, 2.45) is 0 Å². The molecule has 0 aliphatic carbocycles. The lowest BCUT2D eigenvalue weighted by molar-refractivity contribution is 0.0953. The quantitative estimate of drug-likeness (QED) is 0.330. The molecule has 0 radical (unpaired) electrons. The third-order valence-electron chi connectivity index (χ3n) is 6.06. The van der Waals surface area contributed by atoms with Crippen molar-refractivity contribution in [1.29, 1.82) is 0 Å². The van der Waals surface area contributed by atoms with Gasteiger partial charge in [-0.15, -0.1) is 0 Å². The number of aromatic nitrogens is 2. The van der Waals surface area contributed by atoms with E-state index in [2.05, 4.69) is 54.9 Å². The highest BCUT2D eigenvalue weighted by atomic mass is 16.5. The lowest BCUT2D eigenvalue weighted by atomic mass is 10.0. The number of nitrogens with zero attached hydrogens (tertiary/aromatic N) is 2. The van der Waals surface area contributed by atoms with Gasteiger partial charge in [0.1, 0.15) is 23.9 Å². The summed E-state index contributed by atoms with van der Waals surface area (Å²) in [7, 11) is 1.59. The molecule has 4 aromatic rings. The second kappa shape index (κ2) is 11.1. The maximum absolute atomic E-state index is 12.6. The van der Waals surface area contributed by atoms with Crippen LogP contribution in [0.15, 0.2) is 66.7 Å². The molecule has 3 aromatic carbocycles. The fraction of sp³-hybridized carbons (Fsp3) is 0.310. The first-order valence-corrected chi connectivity index (χ1v) is 12.1. The van der Waals surface area contributed by atoms with Crippen LogP contribution < -0.4 is 14.8 Å². The van der Waals surface area contributed by atoms with Crippen LogP contribution in [0.4, 0.5) is 0 Å². The number of ether oxygens (including phenoxy) is 2. The summed E-state index contributed by atoms with van der Waals surface area (Å²) < 4.78 is 13.7. The van der Waals surface area contributed by atoms with Gasteiger partial charge >= 0.3 is 0 Å². The van der Waals surface area contributed by atoms with Crippen LogP contribution in [0.3, 0.4) is 0 Å². The number of carbonyl (C=O) groups is 1. The summed E-state index contributed by atoms with van der Waals surface area (Å²) in [6, 6.07) is 21.6. The highest BCUT2D eigenvalue weighted by Gasteiger charge is 2.13. The van der Waals surface area contributed by atoms with E-state index in [0.717, 1.165) is 22.6 Å². The number of fused-ring (bicyclic) bond motifs is 1. The van der Waals surface area contributed by atoms with E-state index in [1.54, 1.807) is 19.2 Å². The van der Waals surface area contributed by atoms with Crippen molar-refractivity contribution in [3.63, 3.8) is 0 Å². The Hall–Kier alpha value is -3.80. The van der Waals surface area contributed by atoms with Crippen molar-refractivity contribution in [1.82, 2.24) is 14.9 Å². The van der Waals surface area contributed by atoms with Crippen molar-refractivity contribution in [2.75, 3.05) is 20.3 Å². The Morgan fingerprint density at radius 3 is 2.69 bits per heavy atom. The van der Waals surface area contributed by atoms with Crippen LogP contribution >= 0.6 is 0 Å². The zero-order chi connectivity index (χ0) is 24.8. The number of benzene rings is 3. The number of rotatable bonds is 10. The standard InChI is InChI=1S/C29H33N3O3/c1-20(2)24-13-12-21(3)18-27(24)35-17-16-32-26-11-6-5-10-25(26)31-28(32)14-15-30-29(33)22-8-7-9-23(19-22)34-4/h5-13,18-20H,14-17H2,1-4H3,(H,30,33). The Morgan fingerprint density at radius 2 is 1.89 bits per heavy atom. The van der Waals surface area contributed by atoms with Gasteiger partial charge in [0.2, 0.25) is 0 Å². The Kier molecular flexibility index (Phi) is 7.70. The number of methoxy groups -OCH3 is 1. The predicted molar refractivity (Wildman–Crippen MR) is 140 cm³/mol. The van der Waals surface area contributed by atoms with Crippen molar-refractivity contribution in [2.45, 2.75) is 39.7 Å². The van der Waals surface area contributed by atoms with Crippen molar-refractivity contribution in [3.8, 4) is 11.5 Å². The van der Waals surface area contributed by atoms with E-state index < -0.39 is 0 Å². The maximum Gasteiger partial charge on any atom is 0.251 e. The molecule has 0 unspecified atom stereocenters. The van der Waals surface area contributed by atoms with Crippen LogP contribution in [0, 0.1) is 6.92 Å². The van der Waals surface area contributed by atoms with Gasteiger partial charge in [0, 0.05) is 18.5 Å². The summed E-state index contributed by atoms with van der Waals surface area (Å²) in [5, 5.41) is 3.00. The first-order valence-electron chi connectivity index (χ1n) is 12.1. The molecule has 1 N–H and O–H groups in total. The van der Waals surface area contributed by atoms with Gasteiger partial charge in [0.25, 0.3) is 5.91 Å². The minimum Gasteiger partial charge on any atom is -0.497 e. The third kappa shape index (κ3) is 5.83. The smallest absolute Gasteiger partial charge is 0.251 e. The number of hydrogen-bond acceptors (Lipinski definition) is 4. The monoisotopic (exact) mass is 471 g/mol. The number of amides is 1. The zero-order valence-corrected chi connectivity index (χ0v) is 20.9. The molecule has 0 saturated heterocycles. The lowest BCUT2D eigenvalue weighted by Gasteiger charge is -2.16. The number of imidazole rings is 1. The third-order valence-corrected chi connectivity index (χ3v) is 6.06. The second-order valence-corrected chi connectivity index (χ2v) is 8.95. The minimum atomic E-state index is -0.129. The van der Waals surface area contributed by atoms with Crippen LogP contribution in [0.1, 0.15) is 47.1 Å². The first kappa shape index (κ1) is 24.3. The van der Waals surface area contributed by atoms with Gasteiger partial charge < -0.3 is 19.4 Å². The van der Waals surface area contributed by atoms with Gasteiger partial charge in [-0.3, -0.25) is 4.79 Å².